The lowest BCUT2D eigenvalue weighted by atomic mass is 10.0. The second-order valence-electron chi connectivity index (χ2n) is 14.7. The Kier molecular flexibility index (Phi) is 37.5. The van der Waals surface area contributed by atoms with Gasteiger partial charge >= 0.3 is 19.8 Å². The fraction of sp³-hybridized carbons (Fsp3) is 0.951. The summed E-state index contributed by atoms with van der Waals surface area (Å²) in [5, 5.41) is 18.3. The molecule has 0 spiro atoms. The Morgan fingerprint density at radius 1 is 0.500 bits per heavy atom. The van der Waals surface area contributed by atoms with Gasteiger partial charge in [0.05, 0.1) is 19.8 Å². The Morgan fingerprint density at radius 3 is 1.19 bits per heavy atom. The zero-order chi connectivity index (χ0) is 38.4. The number of unbranched alkanes of at least 4 members (excludes halogenated alkanes) is 27. The van der Waals surface area contributed by atoms with Gasteiger partial charge in [-0.05, 0) is 12.8 Å². The van der Waals surface area contributed by atoms with Crippen LogP contribution in [0.15, 0.2) is 0 Å². The van der Waals surface area contributed by atoms with Crippen molar-refractivity contribution in [1.29, 1.82) is 0 Å². The molecule has 0 amide bonds. The first-order valence-corrected chi connectivity index (χ1v) is 23.0. The van der Waals surface area contributed by atoms with Crippen molar-refractivity contribution in [2.24, 2.45) is 0 Å². The number of carbonyl (C=O) groups is 2. The molecule has 0 aliphatic carbocycles. The molecule has 0 aliphatic heterocycles. The minimum absolute atomic E-state index is 0.191. The zero-order valence-corrected chi connectivity index (χ0v) is 34.4. The van der Waals surface area contributed by atoms with E-state index in [1.807, 2.05) is 0 Å². The van der Waals surface area contributed by atoms with Gasteiger partial charge in [0.15, 0.2) is 6.10 Å². The van der Waals surface area contributed by atoms with Crippen LogP contribution < -0.4 is 0 Å². The second kappa shape index (κ2) is 38.3. The smallest absolute Gasteiger partial charge is 0.462 e. The maximum absolute atomic E-state index is 12.5. The Balaban J connectivity index is 4.16. The monoisotopic (exact) mass is 765 g/mol. The van der Waals surface area contributed by atoms with Gasteiger partial charge in [0.1, 0.15) is 12.7 Å². The van der Waals surface area contributed by atoms with E-state index in [1.54, 1.807) is 0 Å². The summed E-state index contributed by atoms with van der Waals surface area (Å²) < 4.78 is 32.6. The second-order valence-corrected chi connectivity index (χ2v) is 16.2. The fourth-order valence-electron chi connectivity index (χ4n) is 6.17. The third kappa shape index (κ3) is 37.3. The highest BCUT2D eigenvalue weighted by molar-refractivity contribution is 7.47. The van der Waals surface area contributed by atoms with E-state index >= 15 is 0 Å². The highest BCUT2D eigenvalue weighted by Gasteiger charge is 2.27. The maximum atomic E-state index is 12.5. The highest BCUT2D eigenvalue weighted by atomic mass is 31.2. The molecule has 52 heavy (non-hydrogen) atoms. The van der Waals surface area contributed by atoms with Gasteiger partial charge in [-0.15, -0.1) is 0 Å². The molecule has 0 saturated carbocycles. The molecule has 310 valence electrons. The van der Waals surface area contributed by atoms with Crippen LogP contribution in [0, 0.1) is 0 Å². The predicted molar refractivity (Wildman–Crippen MR) is 210 cm³/mol. The van der Waals surface area contributed by atoms with Crippen molar-refractivity contribution in [1.82, 2.24) is 0 Å². The number of aliphatic hydroxyl groups is 2. The zero-order valence-electron chi connectivity index (χ0n) is 33.6. The normalized spacial score (nSPS) is 13.9. The summed E-state index contributed by atoms with van der Waals surface area (Å²) in [6.45, 7) is 2.39. The van der Waals surface area contributed by atoms with Gasteiger partial charge in [-0.1, -0.05) is 187 Å². The Labute approximate surface area is 318 Å². The lowest BCUT2D eigenvalue weighted by Gasteiger charge is -2.20. The summed E-state index contributed by atoms with van der Waals surface area (Å²) in [5.41, 5.74) is 0. The third-order valence-electron chi connectivity index (χ3n) is 9.51. The van der Waals surface area contributed by atoms with E-state index in [1.165, 1.54) is 141 Å². The van der Waals surface area contributed by atoms with E-state index in [0.717, 1.165) is 32.1 Å². The first kappa shape index (κ1) is 51.0. The number of hydrogen-bond acceptors (Lipinski definition) is 9. The quantitative estimate of drug-likeness (QED) is 0.0312. The predicted octanol–water partition coefficient (Wildman–Crippen LogP) is 11.1. The van der Waals surface area contributed by atoms with Gasteiger partial charge in [0.25, 0.3) is 0 Å². The van der Waals surface area contributed by atoms with Crippen LogP contribution in [0.5, 0.6) is 0 Å². The van der Waals surface area contributed by atoms with Crippen LogP contribution in [0.1, 0.15) is 213 Å². The summed E-state index contributed by atoms with van der Waals surface area (Å²) in [5.74, 6) is -0.912. The average molecular weight is 765 g/mol. The van der Waals surface area contributed by atoms with E-state index in [2.05, 4.69) is 18.4 Å². The number of phosphoric ester groups is 1. The van der Waals surface area contributed by atoms with Crippen molar-refractivity contribution in [3.63, 3.8) is 0 Å². The molecule has 0 saturated heterocycles. The van der Waals surface area contributed by atoms with Crippen molar-refractivity contribution >= 4 is 19.8 Å². The van der Waals surface area contributed by atoms with Gasteiger partial charge in [0.2, 0.25) is 0 Å². The fourth-order valence-corrected chi connectivity index (χ4v) is 6.96. The van der Waals surface area contributed by atoms with Crippen LogP contribution in [0.25, 0.3) is 0 Å². The number of aliphatic hydroxyl groups excluding tert-OH is 2. The van der Waals surface area contributed by atoms with Crippen molar-refractivity contribution < 1.29 is 47.8 Å². The van der Waals surface area contributed by atoms with E-state index in [0.29, 0.717) is 12.8 Å². The lowest BCUT2D eigenvalue weighted by Crippen LogP contribution is -2.29. The van der Waals surface area contributed by atoms with Crippen LogP contribution in [0.2, 0.25) is 0 Å². The first-order valence-electron chi connectivity index (χ1n) is 21.5. The molecule has 11 heteroatoms. The molecular formula is C41H81O10P. The van der Waals surface area contributed by atoms with Crippen molar-refractivity contribution in [3.05, 3.63) is 0 Å². The molecule has 0 aromatic carbocycles. The van der Waals surface area contributed by atoms with Crippen LogP contribution in [0.4, 0.5) is 0 Å². The molecular weight excluding hydrogens is 683 g/mol. The van der Waals surface area contributed by atoms with E-state index in [4.69, 9.17) is 19.1 Å². The number of esters is 2. The molecule has 0 aliphatic rings. The van der Waals surface area contributed by atoms with Gasteiger partial charge in [0, 0.05) is 12.8 Å². The molecule has 3 N–H and O–H groups in total. The number of ether oxygens (including phenoxy) is 2. The van der Waals surface area contributed by atoms with Gasteiger partial charge in [-0.2, -0.15) is 0 Å². The SMILES string of the molecule is CCCCCCCCCCCCCCCCCCCCCC(=O)OC[C@@H](COP(=O)(O)OC[C@H](O)CO)OC(=O)CCCCCCCCCCCC. The van der Waals surface area contributed by atoms with Crippen molar-refractivity contribution in [3.8, 4) is 0 Å². The molecule has 1 unspecified atom stereocenters. The Bertz CT molecular complexity index is 842. The van der Waals surface area contributed by atoms with E-state index in [9.17, 15) is 24.2 Å². The first-order chi connectivity index (χ1) is 25.2. The highest BCUT2D eigenvalue weighted by Crippen LogP contribution is 2.43. The van der Waals surface area contributed by atoms with Gasteiger partial charge in [-0.3, -0.25) is 18.6 Å². The van der Waals surface area contributed by atoms with Crippen molar-refractivity contribution in [2.45, 2.75) is 225 Å². The topological polar surface area (TPSA) is 149 Å². The standard InChI is InChI=1S/C41H81O10P/c1-3-5-7-9-11-13-15-16-17-18-19-20-21-22-23-25-26-28-30-32-40(44)48-36-39(37-50-52(46,47)49-35-38(43)34-42)51-41(45)33-31-29-27-24-14-12-10-8-6-4-2/h38-39,42-43H,3-37H2,1-2H3,(H,46,47)/t38-,39+/m1/s1. The van der Waals surface area contributed by atoms with Crippen LogP contribution in [-0.2, 0) is 32.7 Å². The maximum Gasteiger partial charge on any atom is 0.472 e. The summed E-state index contributed by atoms with van der Waals surface area (Å²) in [4.78, 5) is 34.9. The van der Waals surface area contributed by atoms with Crippen LogP contribution in [0.3, 0.4) is 0 Å². The minimum atomic E-state index is -4.60. The molecule has 0 aromatic heterocycles. The molecule has 0 rings (SSSR count). The summed E-state index contributed by atoms with van der Waals surface area (Å²) in [6.07, 6.45) is 33.6. The average Bonchev–Trinajstić information content (AvgIpc) is 3.13. The largest absolute Gasteiger partial charge is 0.472 e. The molecule has 10 nitrogen and oxygen atoms in total. The Hall–Kier alpha value is -1.03. The number of phosphoric acid groups is 1. The van der Waals surface area contributed by atoms with E-state index in [-0.39, 0.29) is 19.4 Å². The summed E-state index contributed by atoms with van der Waals surface area (Å²) >= 11 is 0. The molecule has 0 bridgehead atoms. The Morgan fingerprint density at radius 2 is 0.827 bits per heavy atom. The summed E-state index contributed by atoms with van der Waals surface area (Å²) in [7, 11) is -4.60. The summed E-state index contributed by atoms with van der Waals surface area (Å²) in [6, 6.07) is 0. The number of carbonyl (C=O) groups excluding carboxylic acids is 2. The van der Waals surface area contributed by atoms with Crippen molar-refractivity contribution in [2.75, 3.05) is 26.4 Å². The molecule has 0 radical (unpaired) electrons. The minimum Gasteiger partial charge on any atom is -0.462 e. The number of rotatable bonds is 41. The molecule has 3 atom stereocenters. The third-order valence-corrected chi connectivity index (χ3v) is 10.5. The van der Waals surface area contributed by atoms with Gasteiger partial charge in [-0.25, -0.2) is 4.57 Å². The lowest BCUT2D eigenvalue weighted by molar-refractivity contribution is -0.161. The van der Waals surface area contributed by atoms with Gasteiger partial charge < -0.3 is 24.6 Å². The molecule has 0 fully saturated rings. The molecule has 0 heterocycles. The van der Waals surface area contributed by atoms with Crippen LogP contribution in [-0.4, -0.2) is 65.7 Å². The molecule has 0 aromatic rings. The number of hydrogen-bond donors (Lipinski definition) is 3. The van der Waals surface area contributed by atoms with Crippen LogP contribution >= 0.6 is 7.82 Å². The van der Waals surface area contributed by atoms with E-state index < -0.39 is 51.8 Å².